The van der Waals surface area contributed by atoms with E-state index in [0.717, 1.165) is 7.11 Å². The summed E-state index contributed by atoms with van der Waals surface area (Å²) in [6.45, 7) is 1.22. The Bertz CT molecular complexity index is 1340. The number of hydrogen-bond donors (Lipinski definition) is 2. The molecule has 1 unspecified atom stereocenters. The smallest absolute Gasteiger partial charge is 0.337 e. The van der Waals surface area contributed by atoms with Crippen LogP contribution in [0.1, 0.15) is 24.0 Å². The number of nitro groups is 1. The molecular formula is C26H26F5N3O7. The number of carbonyl (C=O) groups excluding carboxylic acids is 1. The second-order valence-electron chi connectivity index (χ2n) is 8.58. The molecule has 2 aromatic carbocycles. The van der Waals surface area contributed by atoms with E-state index >= 15 is 8.78 Å². The van der Waals surface area contributed by atoms with Gasteiger partial charge in [0.25, 0.3) is 5.69 Å². The fraction of sp³-hybridized carbons (Fsp3) is 0.346. The Hall–Kier alpha value is -4.08. The molecule has 0 aromatic heterocycles. The Morgan fingerprint density at radius 2 is 1.54 bits per heavy atom. The number of hydrogen-bond acceptors (Lipinski definition) is 9. The molecule has 0 bridgehead atoms. The number of esters is 1. The lowest BCUT2D eigenvalue weighted by atomic mass is 9.84. The van der Waals surface area contributed by atoms with Gasteiger partial charge in [0.1, 0.15) is 12.4 Å². The Morgan fingerprint density at radius 3 is 2.10 bits per heavy atom. The third kappa shape index (κ3) is 6.99. The molecule has 2 aromatic rings. The van der Waals surface area contributed by atoms with Crippen molar-refractivity contribution < 1.29 is 50.6 Å². The van der Waals surface area contributed by atoms with Crippen molar-refractivity contribution in [1.29, 1.82) is 0 Å². The zero-order chi connectivity index (χ0) is 30.3. The summed E-state index contributed by atoms with van der Waals surface area (Å²) in [5, 5.41) is 13.7. The molecule has 1 atom stereocenters. The molecule has 0 saturated heterocycles. The molecule has 3 N–H and O–H groups in total. The summed E-state index contributed by atoms with van der Waals surface area (Å²) in [4.78, 5) is 23.7. The molecule has 0 fully saturated rings. The minimum atomic E-state index is -2.37. The maximum Gasteiger partial charge on any atom is 0.337 e. The van der Waals surface area contributed by atoms with Gasteiger partial charge in [-0.15, -0.1) is 0 Å². The fourth-order valence-corrected chi connectivity index (χ4v) is 4.07. The molecule has 10 nitrogen and oxygen atoms in total. The van der Waals surface area contributed by atoms with E-state index in [1.165, 1.54) is 31.2 Å². The average molecular weight is 587 g/mol. The van der Waals surface area contributed by atoms with E-state index in [1.807, 2.05) is 0 Å². The number of halogens is 5. The second kappa shape index (κ2) is 14.0. The Balaban J connectivity index is 2.06. The fourth-order valence-electron chi connectivity index (χ4n) is 4.07. The highest BCUT2D eigenvalue weighted by Crippen LogP contribution is 2.42. The highest BCUT2D eigenvalue weighted by Gasteiger charge is 2.42. The second-order valence-corrected chi connectivity index (χ2v) is 8.58. The number of rotatable bonds is 13. The number of allylic oxidation sites excluding steroid dienone is 2. The van der Waals surface area contributed by atoms with Gasteiger partial charge in [0.15, 0.2) is 23.3 Å². The quantitative estimate of drug-likeness (QED) is 0.0682. The number of carbonyl (C=O) groups is 1. The predicted molar refractivity (Wildman–Crippen MR) is 132 cm³/mol. The zero-order valence-electron chi connectivity index (χ0n) is 21.9. The van der Waals surface area contributed by atoms with E-state index in [9.17, 15) is 28.1 Å². The zero-order valence-corrected chi connectivity index (χ0v) is 21.9. The van der Waals surface area contributed by atoms with Crippen LogP contribution in [0.5, 0.6) is 0 Å². The van der Waals surface area contributed by atoms with Crippen LogP contribution in [-0.2, 0) is 30.3 Å². The van der Waals surface area contributed by atoms with Crippen molar-refractivity contribution in [3.63, 3.8) is 0 Å². The third-order valence-electron chi connectivity index (χ3n) is 5.95. The summed E-state index contributed by atoms with van der Waals surface area (Å²) >= 11 is 0. The van der Waals surface area contributed by atoms with Crippen molar-refractivity contribution in [2.24, 2.45) is 5.73 Å². The molecule has 222 valence electrons. The molecule has 15 heteroatoms. The molecule has 1 aliphatic heterocycles. The van der Waals surface area contributed by atoms with Crippen molar-refractivity contribution in [3.05, 3.63) is 97.3 Å². The number of dihydropyridines is 1. The minimum absolute atomic E-state index is 0.00337. The maximum atomic E-state index is 15.1. The van der Waals surface area contributed by atoms with E-state index in [1.54, 1.807) is 0 Å². The van der Waals surface area contributed by atoms with Gasteiger partial charge in [0.2, 0.25) is 5.82 Å². The number of nitrogens with zero attached hydrogens (tertiary/aromatic N) is 1. The normalized spacial score (nSPS) is 15.2. The molecule has 0 saturated carbocycles. The van der Waals surface area contributed by atoms with E-state index in [4.69, 9.17) is 24.7 Å². The number of ether oxygens (including phenoxy) is 4. The van der Waals surface area contributed by atoms with E-state index in [-0.39, 0.29) is 55.8 Å². The van der Waals surface area contributed by atoms with Crippen molar-refractivity contribution in [3.8, 4) is 0 Å². The molecule has 0 amide bonds. The first-order chi connectivity index (χ1) is 19.5. The molecule has 41 heavy (non-hydrogen) atoms. The lowest BCUT2D eigenvalue weighted by Crippen LogP contribution is -2.34. The first-order valence-corrected chi connectivity index (χ1v) is 12.1. The predicted octanol–water partition coefficient (Wildman–Crippen LogP) is 3.84. The Kier molecular flexibility index (Phi) is 10.7. The van der Waals surface area contributed by atoms with Gasteiger partial charge in [-0.3, -0.25) is 10.1 Å². The summed E-state index contributed by atoms with van der Waals surface area (Å²) in [6, 6.07) is 4.97. The van der Waals surface area contributed by atoms with Crippen LogP contribution < -0.4 is 11.1 Å². The summed E-state index contributed by atoms with van der Waals surface area (Å²) in [7, 11) is 1.09. The first kappa shape index (κ1) is 31.4. The van der Waals surface area contributed by atoms with Gasteiger partial charge in [0.05, 0.1) is 61.3 Å². The molecule has 1 aliphatic rings. The average Bonchev–Trinajstić information content (AvgIpc) is 2.96. The van der Waals surface area contributed by atoms with Crippen LogP contribution in [0.3, 0.4) is 0 Å². The number of non-ortho nitro benzene ring substituents is 1. The van der Waals surface area contributed by atoms with E-state index in [2.05, 4.69) is 5.32 Å². The number of nitrogens with one attached hydrogen (secondary N) is 1. The number of nitro benzene ring substituents is 1. The SMILES string of the molecule is COC1=C(C)NC(COCCOCCN)=C(C(=O)OCc2ccc([N+](=O)[O-])cc2)C1c1c(F)c(F)c(F)c(F)c1F. The van der Waals surface area contributed by atoms with Gasteiger partial charge < -0.3 is 30.0 Å². The van der Waals surface area contributed by atoms with Gasteiger partial charge in [-0.1, -0.05) is 0 Å². The number of methoxy groups -OCH3 is 1. The minimum Gasteiger partial charge on any atom is -0.498 e. The highest BCUT2D eigenvalue weighted by molar-refractivity contribution is 5.92. The van der Waals surface area contributed by atoms with Crippen LogP contribution in [0.15, 0.2) is 47.0 Å². The van der Waals surface area contributed by atoms with Gasteiger partial charge in [-0.2, -0.15) is 0 Å². The third-order valence-corrected chi connectivity index (χ3v) is 5.95. The van der Waals surface area contributed by atoms with Crippen molar-refractivity contribution in [2.45, 2.75) is 19.4 Å². The molecular weight excluding hydrogens is 561 g/mol. The van der Waals surface area contributed by atoms with Crippen LogP contribution in [-0.4, -0.2) is 51.0 Å². The van der Waals surface area contributed by atoms with Crippen LogP contribution >= 0.6 is 0 Å². The molecule has 0 spiro atoms. The van der Waals surface area contributed by atoms with Crippen LogP contribution in [0.2, 0.25) is 0 Å². The molecule has 1 heterocycles. The largest absolute Gasteiger partial charge is 0.498 e. The van der Waals surface area contributed by atoms with Gasteiger partial charge >= 0.3 is 5.97 Å². The highest BCUT2D eigenvalue weighted by atomic mass is 19.2. The lowest BCUT2D eigenvalue weighted by molar-refractivity contribution is -0.384. The summed E-state index contributed by atoms with van der Waals surface area (Å²) in [6.07, 6.45) is 0. The maximum absolute atomic E-state index is 15.1. The summed E-state index contributed by atoms with van der Waals surface area (Å²) in [5.41, 5.74) is 3.59. The summed E-state index contributed by atoms with van der Waals surface area (Å²) < 4.78 is 93.8. The number of nitrogens with two attached hydrogens (primary N) is 1. The van der Waals surface area contributed by atoms with Crippen molar-refractivity contribution in [2.75, 3.05) is 40.1 Å². The first-order valence-electron chi connectivity index (χ1n) is 12.1. The Morgan fingerprint density at radius 1 is 0.951 bits per heavy atom. The Labute approximate surface area is 230 Å². The van der Waals surface area contributed by atoms with Gasteiger partial charge in [-0.25, -0.2) is 26.7 Å². The van der Waals surface area contributed by atoms with Gasteiger partial charge in [-0.05, 0) is 24.6 Å². The van der Waals surface area contributed by atoms with E-state index < -0.39 is 63.6 Å². The molecule has 0 aliphatic carbocycles. The van der Waals surface area contributed by atoms with Crippen molar-refractivity contribution >= 4 is 11.7 Å². The molecule has 0 radical (unpaired) electrons. The van der Waals surface area contributed by atoms with Crippen LogP contribution in [0, 0.1) is 39.2 Å². The topological polar surface area (TPSA) is 135 Å². The molecule has 3 rings (SSSR count). The van der Waals surface area contributed by atoms with Crippen molar-refractivity contribution in [1.82, 2.24) is 5.32 Å². The standard InChI is InChI=1S/C26H26F5N3O7/c1-13-25(38-2)18(19-20(27)22(29)24(31)23(30)21(19)28)17(16(33-13)12-40-10-9-39-8-7-32)26(35)41-11-14-3-5-15(6-4-14)34(36)37/h3-6,18,33H,7-12,32H2,1-2H3. The summed E-state index contributed by atoms with van der Waals surface area (Å²) in [5.74, 6) is -14.6. The van der Waals surface area contributed by atoms with Crippen LogP contribution in [0.4, 0.5) is 27.6 Å². The van der Waals surface area contributed by atoms with E-state index in [0.29, 0.717) is 5.56 Å². The van der Waals surface area contributed by atoms with Crippen LogP contribution in [0.25, 0.3) is 0 Å². The number of benzene rings is 2. The lowest BCUT2D eigenvalue weighted by Gasteiger charge is -2.32. The monoisotopic (exact) mass is 587 g/mol. The van der Waals surface area contributed by atoms with Gasteiger partial charge in [0, 0.05) is 24.2 Å².